The summed E-state index contributed by atoms with van der Waals surface area (Å²) in [4.78, 5) is 0. The summed E-state index contributed by atoms with van der Waals surface area (Å²) in [5.74, 6) is -3.22. The fourth-order valence-corrected chi connectivity index (χ4v) is 14.7. The fraction of sp³-hybridized carbons (Fsp3) is 0.923. The highest BCUT2D eigenvalue weighted by atomic mass is 19.4. The summed E-state index contributed by atoms with van der Waals surface area (Å²) < 4.78 is 265. The van der Waals surface area contributed by atoms with Gasteiger partial charge in [-0.2, -0.15) is 79.0 Å². The monoisotopic (exact) mass is 1140 g/mol. The molecule has 24 heteroatoms. The average molecular weight is 1140 g/mol. The third-order valence-corrected chi connectivity index (χ3v) is 18.4. The van der Waals surface area contributed by atoms with E-state index in [1.807, 2.05) is 6.92 Å². The van der Waals surface area contributed by atoms with E-state index in [1.54, 1.807) is 26.8 Å². The van der Waals surface area contributed by atoms with Crippen LogP contribution in [0.15, 0.2) is 25.3 Å². The summed E-state index contributed by atoms with van der Waals surface area (Å²) in [5, 5.41) is 20.1. The van der Waals surface area contributed by atoms with Gasteiger partial charge < -0.3 is 29.2 Å². The van der Waals surface area contributed by atoms with Crippen molar-refractivity contribution in [2.45, 2.75) is 229 Å². The van der Waals surface area contributed by atoms with Crippen molar-refractivity contribution in [3.63, 3.8) is 0 Å². The molecule has 0 saturated heterocycles. The first kappa shape index (κ1) is 66.5. The van der Waals surface area contributed by atoms with Crippen LogP contribution in [0.1, 0.15) is 157 Å². The van der Waals surface area contributed by atoms with Gasteiger partial charge in [0.15, 0.2) is 23.8 Å². The minimum atomic E-state index is -5.88. The van der Waals surface area contributed by atoms with Crippen molar-refractivity contribution in [1.29, 1.82) is 0 Å². The van der Waals surface area contributed by atoms with Gasteiger partial charge in [0.05, 0.1) is 0 Å². The molecule has 0 radical (unpaired) electrons. The van der Waals surface area contributed by atoms with Crippen LogP contribution in [0.5, 0.6) is 0 Å². The van der Waals surface area contributed by atoms with Crippen LogP contribution in [0.4, 0.5) is 79.0 Å². The Morgan fingerprint density at radius 3 is 1.25 bits per heavy atom. The van der Waals surface area contributed by atoms with Gasteiger partial charge in [-0.15, -0.1) is 13.2 Å². The third kappa shape index (κ3) is 12.6. The summed E-state index contributed by atoms with van der Waals surface area (Å²) in [6, 6.07) is 0. The van der Waals surface area contributed by atoms with Crippen LogP contribution in [0, 0.1) is 58.2 Å². The molecule has 0 spiro atoms. The number of hydrogen-bond acceptors (Lipinski definition) is 6. The molecule has 10 atom stereocenters. The van der Waals surface area contributed by atoms with E-state index < -0.39 is 101 Å². The van der Waals surface area contributed by atoms with E-state index in [0.29, 0.717) is 38.7 Å². The molecule has 2 N–H and O–H groups in total. The molecule has 0 aromatic heterocycles. The minimum absolute atomic E-state index is 0.0232. The number of rotatable bonds is 17. The van der Waals surface area contributed by atoms with Crippen molar-refractivity contribution >= 4 is 0 Å². The topological polar surface area (TPSA) is 77.4 Å². The second-order valence-electron chi connectivity index (χ2n) is 22.4. The molecule has 0 aromatic carbocycles. The summed E-state index contributed by atoms with van der Waals surface area (Å²) in [7, 11) is 0. The van der Waals surface area contributed by atoms with Crippen molar-refractivity contribution in [2.24, 2.45) is 58.2 Å². The van der Waals surface area contributed by atoms with Gasteiger partial charge in [-0.3, -0.25) is 0 Å². The van der Waals surface area contributed by atoms with E-state index in [2.05, 4.69) is 13.2 Å². The smallest absolute Gasteiger partial charge is 0.373 e. The Hall–Kier alpha value is -2.02. The number of aliphatic hydroxyl groups is 2. The summed E-state index contributed by atoms with van der Waals surface area (Å²) in [6.07, 6.45) is -30.1. The fourth-order valence-electron chi connectivity index (χ4n) is 14.7. The van der Waals surface area contributed by atoms with Crippen LogP contribution in [-0.2, 0) is 18.9 Å². The first-order valence-electron chi connectivity index (χ1n) is 26.3. The number of halogens is 18. The Labute approximate surface area is 433 Å². The van der Waals surface area contributed by atoms with E-state index in [-0.39, 0.29) is 120 Å². The molecule has 6 nitrogen and oxygen atoms in total. The first-order chi connectivity index (χ1) is 34.6. The van der Waals surface area contributed by atoms with Gasteiger partial charge in [-0.1, -0.05) is 32.4 Å². The zero-order valence-electron chi connectivity index (χ0n) is 43.8. The summed E-state index contributed by atoms with van der Waals surface area (Å²) >= 11 is 0. The lowest BCUT2D eigenvalue weighted by molar-refractivity contribution is -0.409. The zero-order valence-corrected chi connectivity index (χ0v) is 43.8. The molecule has 6 fully saturated rings. The van der Waals surface area contributed by atoms with Gasteiger partial charge in [0, 0.05) is 24.0 Å². The Kier molecular flexibility index (Phi) is 20.8. The van der Waals surface area contributed by atoms with Crippen LogP contribution in [0.3, 0.4) is 0 Å². The van der Waals surface area contributed by atoms with E-state index in [0.717, 1.165) is 6.08 Å². The van der Waals surface area contributed by atoms with Crippen molar-refractivity contribution in [3.8, 4) is 0 Å². The third-order valence-electron chi connectivity index (χ3n) is 18.4. The van der Waals surface area contributed by atoms with Gasteiger partial charge in [0.1, 0.15) is 0 Å². The minimum Gasteiger partial charge on any atom is -0.373 e. The molecule has 6 aliphatic carbocycles. The van der Waals surface area contributed by atoms with Gasteiger partial charge in [0.25, 0.3) is 11.2 Å². The number of hydrogen-bond donors (Lipinski definition) is 2. The lowest BCUT2D eigenvalue weighted by Crippen LogP contribution is -2.68. The standard InChI is InChI=1S/C27H41F9O3.C13H21F3O2.C12H14F6O/c1-5-19(20-8-11-23(12-9-20,25(28,29)30)39-17(4)38-6-2)13-16(3)21-14-18-7-10-22(21,15-18)24(37,26(31,32)33)27(34,35)36;1-4-11-6-8-12(9-7-11,13(14,15)16)18-10(3)17-5-2;1-2-8-5-7-3-4-9(8,6-7)10(19,11(13,14)15)12(16,17)18/h16-21,37H,5-15H2,1-4H3;4,10-11H,1,5-9H2,2-3H3;2,7-8,19H,1,3-6H2. The van der Waals surface area contributed by atoms with Gasteiger partial charge in [-0.25, -0.2) is 0 Å². The normalized spacial score (nSPS) is 34.1. The Morgan fingerprint density at radius 2 is 0.908 bits per heavy atom. The maximum Gasteiger partial charge on any atom is 0.426 e. The molecule has 0 aromatic rings. The van der Waals surface area contributed by atoms with Gasteiger partial charge in [-0.05, 0) is 184 Å². The number of ether oxygens (including phenoxy) is 4. The zero-order chi connectivity index (χ0) is 58.2. The molecular formula is C52H76F18O6. The van der Waals surface area contributed by atoms with Crippen molar-refractivity contribution < 1.29 is 108 Å². The highest BCUT2D eigenvalue weighted by Gasteiger charge is 2.84. The molecule has 6 saturated carbocycles. The molecule has 0 aliphatic heterocycles. The van der Waals surface area contributed by atoms with Gasteiger partial charge in [0.2, 0.25) is 0 Å². The molecule has 4 bridgehead atoms. The van der Waals surface area contributed by atoms with Crippen molar-refractivity contribution in [2.75, 3.05) is 13.2 Å². The van der Waals surface area contributed by atoms with E-state index >= 15 is 0 Å². The van der Waals surface area contributed by atoms with Crippen molar-refractivity contribution in [1.82, 2.24) is 0 Å². The quantitative estimate of drug-likeness (QED) is 0.0859. The maximum atomic E-state index is 14.1. The highest BCUT2D eigenvalue weighted by Crippen LogP contribution is 2.72. The maximum absolute atomic E-state index is 14.1. The van der Waals surface area contributed by atoms with E-state index in [4.69, 9.17) is 18.9 Å². The molecule has 446 valence electrons. The molecule has 10 unspecified atom stereocenters. The second-order valence-corrected chi connectivity index (χ2v) is 22.4. The largest absolute Gasteiger partial charge is 0.426 e. The predicted molar refractivity (Wildman–Crippen MR) is 244 cm³/mol. The Bertz CT molecular complexity index is 1830. The number of allylic oxidation sites excluding steroid dienone is 2. The van der Waals surface area contributed by atoms with Crippen molar-refractivity contribution in [3.05, 3.63) is 25.3 Å². The van der Waals surface area contributed by atoms with Crippen LogP contribution in [0.25, 0.3) is 0 Å². The van der Waals surface area contributed by atoms with Crippen LogP contribution in [0.2, 0.25) is 0 Å². The highest BCUT2D eigenvalue weighted by molar-refractivity contribution is 5.20. The predicted octanol–water partition coefficient (Wildman–Crippen LogP) is 16.5. The van der Waals surface area contributed by atoms with Crippen LogP contribution < -0.4 is 0 Å². The Morgan fingerprint density at radius 1 is 0.526 bits per heavy atom. The first-order valence-corrected chi connectivity index (χ1v) is 26.3. The number of fused-ring (bicyclic) bond motifs is 4. The summed E-state index contributed by atoms with van der Waals surface area (Å²) in [6.45, 7) is 17.3. The number of alkyl halides is 18. The van der Waals surface area contributed by atoms with Gasteiger partial charge >= 0.3 is 37.1 Å². The SMILES string of the molecule is C=CC1CC2CCC1(C(O)(C(F)(F)F)C(F)(F)F)C2.C=CC1CCC(OC(C)OCC)(C(F)(F)F)CC1.CCOC(C)OC1(C(F)(F)F)CCC(C(CC)CC(C)C2CC3CCC2(C(O)(C(F)(F)F)C(F)(F)F)C3)CC1. The average Bonchev–Trinajstić information content (AvgIpc) is 4.11. The second kappa shape index (κ2) is 23.8. The lowest BCUT2D eigenvalue weighted by Gasteiger charge is -2.51. The van der Waals surface area contributed by atoms with E-state index in [9.17, 15) is 89.2 Å². The van der Waals surface area contributed by atoms with Crippen LogP contribution >= 0.6 is 0 Å². The Balaban J connectivity index is 0.000000280. The molecule has 6 rings (SSSR count). The van der Waals surface area contributed by atoms with Crippen LogP contribution in [-0.4, -0.2) is 95.5 Å². The molecule has 6 aliphatic rings. The molecule has 0 heterocycles. The van der Waals surface area contributed by atoms with E-state index in [1.165, 1.54) is 13.8 Å². The molecule has 0 amide bonds. The molecule has 76 heavy (non-hydrogen) atoms. The molecular weight excluding hydrogens is 1060 g/mol. The summed E-state index contributed by atoms with van der Waals surface area (Å²) in [5.41, 5.74) is -18.4. The lowest BCUT2D eigenvalue weighted by atomic mass is 9.58.